The topological polar surface area (TPSA) is 30.9 Å². The third-order valence-corrected chi connectivity index (χ3v) is 4.81. The van der Waals surface area contributed by atoms with E-state index in [9.17, 15) is 0 Å². The molecule has 1 N–H and O–H groups in total. The Morgan fingerprint density at radius 3 is 2.32 bits per heavy atom. The number of aryl methyl sites for hydroxylation is 1. The number of hydrogen-bond donors (Lipinski definition) is 1. The zero-order chi connectivity index (χ0) is 20.7. The van der Waals surface area contributed by atoms with Gasteiger partial charge in [-0.05, 0) is 64.1 Å². The van der Waals surface area contributed by atoms with Crippen LogP contribution in [0.1, 0.15) is 26.3 Å². The lowest BCUT2D eigenvalue weighted by atomic mass is 10.1. The molecule has 1 aliphatic rings. The molecule has 1 heterocycles. The minimum Gasteiger partial charge on any atom is -0.369 e. The molecule has 0 atom stereocenters. The van der Waals surface area contributed by atoms with Gasteiger partial charge < -0.3 is 15.1 Å². The van der Waals surface area contributed by atoms with Gasteiger partial charge in [0.05, 0.1) is 0 Å². The van der Waals surface area contributed by atoms with Crippen LogP contribution in [0.15, 0.2) is 71.0 Å². The average molecular weight is 379 g/mol. The molecule has 0 bridgehead atoms. The monoisotopic (exact) mass is 378 g/mol. The zero-order valence-electron chi connectivity index (χ0n) is 18.0. The van der Waals surface area contributed by atoms with Crippen molar-refractivity contribution in [3.63, 3.8) is 0 Å². The average Bonchev–Trinajstić information content (AvgIpc) is 2.62. The number of anilines is 2. The van der Waals surface area contributed by atoms with Gasteiger partial charge in [0.2, 0.25) is 0 Å². The number of nitrogens with one attached hydrogen (secondary N) is 1. The van der Waals surface area contributed by atoms with Gasteiger partial charge in [-0.3, -0.25) is 0 Å². The van der Waals surface area contributed by atoms with Crippen LogP contribution in [0, 0.1) is 6.92 Å². The number of aliphatic imine (C=N–C) groups is 1. The Labute approximate surface area is 170 Å². The van der Waals surface area contributed by atoms with Gasteiger partial charge in [0, 0.05) is 43.8 Å². The number of nitrogens with zero attached hydrogens (tertiary/aromatic N) is 3. The first kappa shape index (κ1) is 21.7. The lowest BCUT2D eigenvalue weighted by Crippen LogP contribution is -2.44. The summed E-state index contributed by atoms with van der Waals surface area (Å²) >= 11 is 0. The molecule has 0 radical (unpaired) electrons. The van der Waals surface area contributed by atoms with Crippen molar-refractivity contribution < 1.29 is 0 Å². The normalized spacial score (nSPS) is 15.2. The molecule has 0 aromatic heterocycles. The Morgan fingerprint density at radius 1 is 1.07 bits per heavy atom. The van der Waals surface area contributed by atoms with Gasteiger partial charge in [0.15, 0.2) is 0 Å². The van der Waals surface area contributed by atoms with E-state index in [0.29, 0.717) is 5.82 Å². The summed E-state index contributed by atoms with van der Waals surface area (Å²) in [4.78, 5) is 9.31. The van der Waals surface area contributed by atoms with Crippen molar-refractivity contribution in [3.8, 4) is 0 Å². The largest absolute Gasteiger partial charge is 0.369 e. The van der Waals surface area contributed by atoms with Crippen LogP contribution >= 0.6 is 0 Å². The molecule has 150 valence electrons. The fourth-order valence-electron chi connectivity index (χ4n) is 3.05. The van der Waals surface area contributed by atoms with Crippen LogP contribution in [0.3, 0.4) is 0 Å². The maximum Gasteiger partial charge on any atom is 0.123 e. The summed E-state index contributed by atoms with van der Waals surface area (Å²) in [5.41, 5.74) is 6.85. The van der Waals surface area contributed by atoms with Crippen molar-refractivity contribution in [1.82, 2.24) is 4.90 Å². The molecule has 0 unspecified atom stereocenters. The van der Waals surface area contributed by atoms with Gasteiger partial charge in [-0.25, -0.2) is 4.99 Å². The first-order valence-electron chi connectivity index (χ1n) is 9.81. The van der Waals surface area contributed by atoms with Crippen LogP contribution in [0.2, 0.25) is 0 Å². The molecule has 2 rings (SSSR count). The summed E-state index contributed by atoms with van der Waals surface area (Å²) in [6.45, 7) is 20.6. The van der Waals surface area contributed by atoms with Crippen LogP contribution in [-0.4, -0.2) is 44.3 Å². The summed E-state index contributed by atoms with van der Waals surface area (Å²) in [5, 5.41) is 3.30. The number of likely N-dealkylation sites (N-methyl/N-ethyl adjacent to an activating group) is 1. The van der Waals surface area contributed by atoms with E-state index in [1.54, 1.807) is 0 Å². The first-order valence-corrected chi connectivity index (χ1v) is 9.81. The Hall–Kier alpha value is -2.59. The molecule has 1 fully saturated rings. The van der Waals surface area contributed by atoms with E-state index >= 15 is 0 Å². The van der Waals surface area contributed by atoms with Crippen molar-refractivity contribution in [3.05, 3.63) is 71.6 Å². The van der Waals surface area contributed by atoms with Gasteiger partial charge in [-0.15, -0.1) is 0 Å². The van der Waals surface area contributed by atoms with E-state index in [0.717, 1.165) is 43.0 Å². The van der Waals surface area contributed by atoms with Crippen LogP contribution < -0.4 is 10.2 Å². The summed E-state index contributed by atoms with van der Waals surface area (Å²) < 4.78 is 0. The number of benzene rings is 1. The fourth-order valence-corrected chi connectivity index (χ4v) is 3.05. The lowest BCUT2D eigenvalue weighted by Gasteiger charge is -2.35. The molecular formula is C24H34N4. The minimum atomic E-state index is 0.620. The molecular weight excluding hydrogens is 344 g/mol. The summed E-state index contributed by atoms with van der Waals surface area (Å²) in [6.07, 6.45) is 5.87. The lowest BCUT2D eigenvalue weighted by molar-refractivity contribution is 0.312. The van der Waals surface area contributed by atoms with E-state index in [1.807, 2.05) is 25.3 Å². The second-order valence-corrected chi connectivity index (χ2v) is 7.76. The van der Waals surface area contributed by atoms with Gasteiger partial charge in [0.25, 0.3) is 0 Å². The highest BCUT2D eigenvalue weighted by atomic mass is 15.2. The number of hydrogen-bond acceptors (Lipinski definition) is 4. The Kier molecular flexibility index (Phi) is 7.82. The Morgan fingerprint density at radius 2 is 1.75 bits per heavy atom. The van der Waals surface area contributed by atoms with Crippen molar-refractivity contribution in [2.24, 2.45) is 4.99 Å². The molecule has 0 amide bonds. The fraction of sp³-hybridized carbons (Fsp3) is 0.375. The van der Waals surface area contributed by atoms with E-state index < -0.39 is 0 Å². The summed E-state index contributed by atoms with van der Waals surface area (Å²) in [5.74, 6) is 0.620. The van der Waals surface area contributed by atoms with Crippen molar-refractivity contribution in [2.75, 3.05) is 43.4 Å². The highest BCUT2D eigenvalue weighted by Gasteiger charge is 2.15. The zero-order valence-corrected chi connectivity index (χ0v) is 18.0. The van der Waals surface area contributed by atoms with E-state index in [4.69, 9.17) is 0 Å². The Balaban J connectivity index is 2.03. The number of allylic oxidation sites excluding steroid dienone is 5. The van der Waals surface area contributed by atoms with Gasteiger partial charge in [-0.1, -0.05) is 36.5 Å². The maximum absolute atomic E-state index is 4.48. The summed E-state index contributed by atoms with van der Waals surface area (Å²) in [7, 11) is 2.18. The molecule has 1 saturated heterocycles. The molecule has 4 nitrogen and oxygen atoms in total. The first-order chi connectivity index (χ1) is 13.3. The second kappa shape index (κ2) is 10.1. The predicted molar refractivity (Wildman–Crippen MR) is 124 cm³/mol. The minimum absolute atomic E-state index is 0.620. The standard InChI is InChI=1S/C24H34N4/c1-18(2)8-9-22(19(3)4)17-25-21(6)26-23-10-11-24(20(5)16-23)28-14-12-27(7)13-15-28/h8-11,16-17,26H,1,6,12-15H2,2-5,7H3/b9-8-,25-17-. The molecule has 1 aliphatic heterocycles. The van der Waals surface area contributed by atoms with Crippen LogP contribution in [0.25, 0.3) is 0 Å². The SMILES string of the molecule is C=C(C)/C=C\C(/C=N\C(=C)Nc1ccc(N2CCN(C)CC2)c(C)c1)=C(C)C. The smallest absolute Gasteiger partial charge is 0.123 e. The molecule has 4 heteroatoms. The van der Waals surface area contributed by atoms with E-state index in [-0.39, 0.29) is 0 Å². The molecule has 28 heavy (non-hydrogen) atoms. The Bertz CT molecular complexity index is 802. The predicted octanol–water partition coefficient (Wildman–Crippen LogP) is 5.17. The van der Waals surface area contributed by atoms with Crippen molar-refractivity contribution in [1.29, 1.82) is 0 Å². The second-order valence-electron chi connectivity index (χ2n) is 7.76. The number of piperazine rings is 1. The van der Waals surface area contributed by atoms with Gasteiger partial charge in [0.1, 0.15) is 5.82 Å². The molecule has 0 spiro atoms. The molecule has 0 saturated carbocycles. The summed E-state index contributed by atoms with van der Waals surface area (Å²) in [6, 6.07) is 6.46. The van der Waals surface area contributed by atoms with Crippen molar-refractivity contribution in [2.45, 2.75) is 27.7 Å². The van der Waals surface area contributed by atoms with Gasteiger partial charge >= 0.3 is 0 Å². The van der Waals surface area contributed by atoms with Crippen molar-refractivity contribution >= 4 is 17.6 Å². The third-order valence-electron chi connectivity index (χ3n) is 4.81. The quantitative estimate of drug-likeness (QED) is 0.524. The van der Waals surface area contributed by atoms with Crippen LogP contribution in [0.5, 0.6) is 0 Å². The van der Waals surface area contributed by atoms with E-state index in [2.05, 4.69) is 79.3 Å². The van der Waals surface area contributed by atoms with Crippen LogP contribution in [-0.2, 0) is 0 Å². The molecule has 1 aromatic carbocycles. The number of rotatable bonds is 7. The highest BCUT2D eigenvalue weighted by Crippen LogP contribution is 2.25. The maximum atomic E-state index is 4.48. The molecule has 1 aromatic rings. The van der Waals surface area contributed by atoms with Gasteiger partial charge in [-0.2, -0.15) is 0 Å². The van der Waals surface area contributed by atoms with E-state index in [1.165, 1.54) is 16.8 Å². The van der Waals surface area contributed by atoms with Crippen LogP contribution in [0.4, 0.5) is 11.4 Å². The third kappa shape index (κ3) is 6.54. The highest BCUT2D eigenvalue weighted by molar-refractivity contribution is 5.84. The molecule has 0 aliphatic carbocycles.